The second-order valence-corrected chi connectivity index (χ2v) is 9.39. The quantitative estimate of drug-likeness (QED) is 0.321. The van der Waals surface area contributed by atoms with Gasteiger partial charge in [0, 0.05) is 30.4 Å². The summed E-state index contributed by atoms with van der Waals surface area (Å²) in [7, 11) is 2.13. The van der Waals surface area contributed by atoms with Crippen molar-refractivity contribution in [2.45, 2.75) is 31.1 Å². The van der Waals surface area contributed by atoms with E-state index in [0.717, 1.165) is 36.7 Å². The first kappa shape index (κ1) is 20.8. The average Bonchev–Trinajstić information content (AvgIpc) is 3.51. The normalized spacial score (nSPS) is 16.5. The van der Waals surface area contributed by atoms with E-state index in [-0.39, 0.29) is 5.41 Å². The highest BCUT2D eigenvalue weighted by molar-refractivity contribution is 5.82. The van der Waals surface area contributed by atoms with Gasteiger partial charge in [0.15, 0.2) is 0 Å². The summed E-state index contributed by atoms with van der Waals surface area (Å²) in [6.45, 7) is 0.824. The molecule has 4 nitrogen and oxygen atoms in total. The molecule has 0 bridgehead atoms. The van der Waals surface area contributed by atoms with Crippen molar-refractivity contribution in [1.82, 2.24) is 4.98 Å². The van der Waals surface area contributed by atoms with Gasteiger partial charge >= 0.3 is 0 Å². The van der Waals surface area contributed by atoms with Gasteiger partial charge in [0.2, 0.25) is 0 Å². The summed E-state index contributed by atoms with van der Waals surface area (Å²) in [5.41, 5.74) is 6.05. The average molecular weight is 448 g/mol. The van der Waals surface area contributed by atoms with Crippen molar-refractivity contribution < 1.29 is 4.74 Å². The largest absolute Gasteiger partial charge is 0.457 e. The summed E-state index contributed by atoms with van der Waals surface area (Å²) in [6, 6.07) is 31.8. The molecule has 1 fully saturated rings. The molecule has 0 radical (unpaired) electrons. The van der Waals surface area contributed by atoms with Crippen molar-refractivity contribution in [1.29, 1.82) is 0 Å². The minimum Gasteiger partial charge on any atom is -0.457 e. The molecule has 0 saturated heterocycles. The van der Waals surface area contributed by atoms with Gasteiger partial charge in [-0.1, -0.05) is 49.2 Å². The lowest BCUT2D eigenvalue weighted by molar-refractivity contribution is 0.474. The molecule has 1 aliphatic carbocycles. The van der Waals surface area contributed by atoms with E-state index in [1.54, 1.807) is 0 Å². The Bertz CT molecular complexity index is 1300. The van der Waals surface area contributed by atoms with Crippen LogP contribution in [0.25, 0.3) is 0 Å². The number of fused-ring (bicyclic) bond motifs is 1. The first-order valence-electron chi connectivity index (χ1n) is 12.1. The molecule has 6 rings (SSSR count). The van der Waals surface area contributed by atoms with Crippen molar-refractivity contribution in [2.24, 2.45) is 0 Å². The van der Waals surface area contributed by atoms with Crippen molar-refractivity contribution in [3.63, 3.8) is 0 Å². The van der Waals surface area contributed by atoms with Crippen LogP contribution in [-0.2, 0) is 5.41 Å². The topological polar surface area (TPSA) is 28.6 Å². The molecule has 2 heterocycles. The summed E-state index contributed by atoms with van der Waals surface area (Å²) < 4.78 is 6.41. The summed E-state index contributed by atoms with van der Waals surface area (Å²) >= 11 is 0. The monoisotopic (exact) mass is 447 g/mol. The molecule has 4 heteroatoms. The fraction of sp³-hybridized carbons (Fsp3) is 0.233. The molecule has 2 aliphatic rings. The highest BCUT2D eigenvalue weighted by atomic mass is 16.5. The standard InChI is InChI=1S/C30H29N3O/c1-32-22-33(28-15-3-2-14-27(28)32)24-11-9-13-26(21-24)34-25-12-8-10-23(20-25)30(17-5-6-18-30)29-16-4-7-19-31-29/h2-4,7-16,19-21H,5-6,17-18,22H2,1H3. The van der Waals surface area contributed by atoms with Gasteiger partial charge in [-0.3, -0.25) is 4.98 Å². The molecule has 0 atom stereocenters. The zero-order valence-electron chi connectivity index (χ0n) is 19.5. The van der Waals surface area contributed by atoms with E-state index in [2.05, 4.69) is 95.7 Å². The predicted molar refractivity (Wildman–Crippen MR) is 138 cm³/mol. The predicted octanol–water partition coefficient (Wildman–Crippen LogP) is 7.28. The van der Waals surface area contributed by atoms with Crippen LogP contribution in [0.3, 0.4) is 0 Å². The first-order valence-corrected chi connectivity index (χ1v) is 12.1. The lowest BCUT2D eigenvalue weighted by atomic mass is 9.75. The number of aromatic nitrogens is 1. The Morgan fingerprint density at radius 1 is 0.765 bits per heavy atom. The number of anilines is 3. The molecule has 0 amide bonds. The van der Waals surface area contributed by atoms with Crippen molar-refractivity contribution in [3.05, 3.63) is 108 Å². The molecule has 0 N–H and O–H groups in total. The fourth-order valence-electron chi connectivity index (χ4n) is 5.63. The Labute approximate surface area is 201 Å². The van der Waals surface area contributed by atoms with E-state index in [1.165, 1.54) is 35.5 Å². The first-order chi connectivity index (χ1) is 16.7. The van der Waals surface area contributed by atoms with E-state index < -0.39 is 0 Å². The molecule has 0 unspecified atom stereocenters. The van der Waals surface area contributed by atoms with Gasteiger partial charge in [-0.15, -0.1) is 0 Å². The van der Waals surface area contributed by atoms with Crippen molar-refractivity contribution in [3.8, 4) is 11.5 Å². The minimum absolute atomic E-state index is 0.0215. The van der Waals surface area contributed by atoms with Gasteiger partial charge in [0.25, 0.3) is 0 Å². The highest BCUT2D eigenvalue weighted by Crippen LogP contribution is 2.46. The smallest absolute Gasteiger partial charge is 0.129 e. The van der Waals surface area contributed by atoms with Gasteiger partial charge in [-0.05, 0) is 66.9 Å². The van der Waals surface area contributed by atoms with E-state index in [0.29, 0.717) is 0 Å². The zero-order chi connectivity index (χ0) is 23.0. The van der Waals surface area contributed by atoms with E-state index >= 15 is 0 Å². The summed E-state index contributed by atoms with van der Waals surface area (Å²) in [6.07, 6.45) is 6.63. The maximum atomic E-state index is 6.41. The van der Waals surface area contributed by atoms with Crippen LogP contribution < -0.4 is 14.5 Å². The molecule has 0 spiro atoms. The third kappa shape index (κ3) is 3.60. The van der Waals surface area contributed by atoms with E-state index in [1.807, 2.05) is 18.3 Å². The third-order valence-electron chi connectivity index (χ3n) is 7.30. The molecular weight excluding hydrogens is 418 g/mol. The number of hydrogen-bond acceptors (Lipinski definition) is 4. The maximum absolute atomic E-state index is 6.41. The Hall–Kier alpha value is -3.79. The number of ether oxygens (including phenoxy) is 1. The Morgan fingerprint density at radius 2 is 1.50 bits per heavy atom. The van der Waals surface area contributed by atoms with Gasteiger partial charge < -0.3 is 14.5 Å². The Balaban J connectivity index is 1.30. The second kappa shape index (κ2) is 8.53. The second-order valence-electron chi connectivity index (χ2n) is 9.39. The van der Waals surface area contributed by atoms with Crippen LogP contribution in [0.15, 0.2) is 97.2 Å². The fourth-order valence-corrected chi connectivity index (χ4v) is 5.63. The van der Waals surface area contributed by atoms with Crippen LogP contribution in [0.1, 0.15) is 36.9 Å². The van der Waals surface area contributed by atoms with Gasteiger partial charge in [-0.25, -0.2) is 0 Å². The molecular formula is C30H29N3O. The van der Waals surface area contributed by atoms with Gasteiger partial charge in [0.05, 0.1) is 23.7 Å². The maximum Gasteiger partial charge on any atom is 0.129 e. The number of para-hydroxylation sites is 2. The molecule has 1 aliphatic heterocycles. The molecule has 4 aromatic rings. The van der Waals surface area contributed by atoms with Crippen LogP contribution in [-0.4, -0.2) is 18.7 Å². The van der Waals surface area contributed by atoms with Crippen LogP contribution >= 0.6 is 0 Å². The van der Waals surface area contributed by atoms with E-state index in [4.69, 9.17) is 9.72 Å². The lowest BCUT2D eigenvalue weighted by Gasteiger charge is -2.29. The van der Waals surface area contributed by atoms with Crippen LogP contribution in [0, 0.1) is 0 Å². The van der Waals surface area contributed by atoms with Gasteiger partial charge in [-0.2, -0.15) is 0 Å². The SMILES string of the molecule is CN1CN(c2cccc(Oc3cccc(C4(c5ccccn5)CCCC4)c3)c2)c2ccccc21. The number of hydrogen-bond donors (Lipinski definition) is 0. The van der Waals surface area contributed by atoms with Crippen LogP contribution in [0.5, 0.6) is 11.5 Å². The Kier molecular flexibility index (Phi) is 5.21. The highest BCUT2D eigenvalue weighted by Gasteiger charge is 2.38. The summed E-state index contributed by atoms with van der Waals surface area (Å²) in [5.74, 6) is 1.72. The molecule has 34 heavy (non-hydrogen) atoms. The number of benzene rings is 3. The zero-order valence-corrected chi connectivity index (χ0v) is 19.5. The van der Waals surface area contributed by atoms with Crippen LogP contribution in [0.4, 0.5) is 17.1 Å². The van der Waals surface area contributed by atoms with E-state index in [9.17, 15) is 0 Å². The lowest BCUT2D eigenvalue weighted by Crippen LogP contribution is -2.25. The summed E-state index contributed by atoms with van der Waals surface area (Å²) in [4.78, 5) is 9.35. The molecule has 1 aromatic heterocycles. The van der Waals surface area contributed by atoms with Crippen molar-refractivity contribution in [2.75, 3.05) is 23.5 Å². The number of rotatable bonds is 5. The molecule has 3 aromatic carbocycles. The van der Waals surface area contributed by atoms with Gasteiger partial charge in [0.1, 0.15) is 11.5 Å². The molecule has 170 valence electrons. The van der Waals surface area contributed by atoms with Crippen LogP contribution in [0.2, 0.25) is 0 Å². The molecule has 1 saturated carbocycles. The summed E-state index contributed by atoms with van der Waals surface area (Å²) in [5, 5.41) is 0. The van der Waals surface area contributed by atoms with Crippen molar-refractivity contribution >= 4 is 17.1 Å². The third-order valence-corrected chi connectivity index (χ3v) is 7.30. The Morgan fingerprint density at radius 3 is 2.29 bits per heavy atom. The minimum atomic E-state index is -0.0215. The number of pyridine rings is 1. The number of nitrogens with zero attached hydrogens (tertiary/aromatic N) is 3.